The molecule has 0 radical (unpaired) electrons. The smallest absolute Gasteiger partial charge is 0.268 e. The summed E-state index contributed by atoms with van der Waals surface area (Å²) in [5, 5.41) is 12.7. The summed E-state index contributed by atoms with van der Waals surface area (Å²) >= 11 is 1.30. The van der Waals surface area contributed by atoms with Gasteiger partial charge in [-0.1, -0.05) is 29.5 Å². The van der Waals surface area contributed by atoms with Crippen molar-refractivity contribution in [2.24, 2.45) is 0 Å². The Kier molecular flexibility index (Phi) is 4.81. The van der Waals surface area contributed by atoms with Crippen LogP contribution in [-0.4, -0.2) is 18.0 Å². The number of rotatable bonds is 4. The quantitative estimate of drug-likeness (QED) is 0.408. The standard InChI is InChI=1S/C21H13N3O4S/c1-27-16-7-4-5-14-18(25)13(11-28-19(14)16)9-12(10-22)20(26)24-21-23-15-6-2-3-8-17(15)29-21/h2-9,11H,1H3,(H,23,24,26). The minimum atomic E-state index is -0.656. The number of aromatic nitrogens is 1. The summed E-state index contributed by atoms with van der Waals surface area (Å²) in [6.07, 6.45) is 2.41. The van der Waals surface area contributed by atoms with Gasteiger partial charge in [-0.25, -0.2) is 4.98 Å². The highest BCUT2D eigenvalue weighted by Crippen LogP contribution is 2.26. The Morgan fingerprint density at radius 2 is 2.10 bits per heavy atom. The third-order valence-electron chi connectivity index (χ3n) is 4.19. The fourth-order valence-corrected chi connectivity index (χ4v) is 3.66. The average Bonchev–Trinajstić information content (AvgIpc) is 3.15. The van der Waals surface area contributed by atoms with E-state index in [2.05, 4.69) is 10.3 Å². The molecule has 0 aliphatic carbocycles. The first-order valence-electron chi connectivity index (χ1n) is 8.48. The number of fused-ring (bicyclic) bond motifs is 2. The van der Waals surface area contributed by atoms with Crippen molar-refractivity contribution in [2.75, 3.05) is 12.4 Å². The van der Waals surface area contributed by atoms with Crippen LogP contribution in [0.3, 0.4) is 0 Å². The molecule has 4 aromatic rings. The summed E-state index contributed by atoms with van der Waals surface area (Å²) in [6, 6.07) is 14.2. The van der Waals surface area contributed by atoms with Gasteiger partial charge in [0.25, 0.3) is 5.91 Å². The lowest BCUT2D eigenvalue weighted by molar-refractivity contribution is -0.112. The summed E-state index contributed by atoms with van der Waals surface area (Å²) in [6.45, 7) is 0. The number of methoxy groups -OCH3 is 1. The average molecular weight is 403 g/mol. The largest absolute Gasteiger partial charge is 0.493 e. The van der Waals surface area contributed by atoms with Gasteiger partial charge in [0.05, 0.1) is 28.3 Å². The Balaban J connectivity index is 1.68. The van der Waals surface area contributed by atoms with Crippen molar-refractivity contribution in [3.05, 3.63) is 70.1 Å². The number of nitrogens with one attached hydrogen (secondary N) is 1. The van der Waals surface area contributed by atoms with E-state index >= 15 is 0 Å². The lowest BCUT2D eigenvalue weighted by Crippen LogP contribution is -2.14. The van der Waals surface area contributed by atoms with Crippen molar-refractivity contribution in [3.63, 3.8) is 0 Å². The minimum absolute atomic E-state index is 0.0850. The molecule has 0 atom stereocenters. The summed E-state index contributed by atoms with van der Waals surface area (Å²) < 4.78 is 11.6. The van der Waals surface area contributed by atoms with Gasteiger partial charge in [0.15, 0.2) is 21.9 Å². The van der Waals surface area contributed by atoms with Gasteiger partial charge in [-0.05, 0) is 30.3 Å². The summed E-state index contributed by atoms with van der Waals surface area (Å²) in [4.78, 5) is 29.6. The van der Waals surface area contributed by atoms with Gasteiger partial charge in [-0.2, -0.15) is 5.26 Å². The van der Waals surface area contributed by atoms with E-state index in [1.54, 1.807) is 18.2 Å². The van der Waals surface area contributed by atoms with Crippen LogP contribution in [0.4, 0.5) is 5.13 Å². The van der Waals surface area contributed by atoms with E-state index in [4.69, 9.17) is 9.15 Å². The second-order valence-corrected chi connectivity index (χ2v) is 7.00. The molecule has 0 bridgehead atoms. The molecule has 29 heavy (non-hydrogen) atoms. The molecule has 1 N–H and O–H groups in total. The van der Waals surface area contributed by atoms with Gasteiger partial charge in [-0.3, -0.25) is 14.9 Å². The highest BCUT2D eigenvalue weighted by Gasteiger charge is 2.15. The first kappa shape index (κ1) is 18.4. The molecular weight excluding hydrogens is 390 g/mol. The fraction of sp³-hybridized carbons (Fsp3) is 0.0476. The zero-order chi connectivity index (χ0) is 20.4. The number of thiazole rings is 1. The van der Waals surface area contributed by atoms with Crippen LogP contribution < -0.4 is 15.5 Å². The Hall–Kier alpha value is -3.96. The number of ether oxygens (including phenoxy) is 1. The molecular formula is C21H13N3O4S. The van der Waals surface area contributed by atoms with Crippen LogP contribution in [0.2, 0.25) is 0 Å². The molecule has 142 valence electrons. The second kappa shape index (κ2) is 7.58. The predicted molar refractivity (Wildman–Crippen MR) is 111 cm³/mol. The molecule has 0 unspecified atom stereocenters. The zero-order valence-corrected chi connectivity index (χ0v) is 15.9. The highest BCUT2D eigenvalue weighted by molar-refractivity contribution is 7.22. The van der Waals surface area contributed by atoms with Crippen molar-refractivity contribution in [3.8, 4) is 11.8 Å². The number of hydrogen-bond acceptors (Lipinski definition) is 7. The van der Waals surface area contributed by atoms with Crippen LogP contribution in [0.5, 0.6) is 5.75 Å². The van der Waals surface area contributed by atoms with E-state index in [1.165, 1.54) is 30.8 Å². The number of carbonyl (C=O) groups is 1. The van der Waals surface area contributed by atoms with Gasteiger partial charge in [0, 0.05) is 0 Å². The molecule has 2 heterocycles. The van der Waals surface area contributed by atoms with Gasteiger partial charge in [-0.15, -0.1) is 0 Å². The van der Waals surface area contributed by atoms with E-state index < -0.39 is 5.91 Å². The Labute approximate surface area is 168 Å². The molecule has 8 heteroatoms. The second-order valence-electron chi connectivity index (χ2n) is 5.97. The molecule has 0 aliphatic rings. The van der Waals surface area contributed by atoms with Crippen molar-refractivity contribution in [1.29, 1.82) is 5.26 Å². The Bertz CT molecular complexity index is 1350. The first-order chi connectivity index (χ1) is 14.1. The first-order valence-corrected chi connectivity index (χ1v) is 9.29. The molecule has 0 saturated carbocycles. The minimum Gasteiger partial charge on any atom is -0.493 e. The fourth-order valence-electron chi connectivity index (χ4n) is 2.80. The van der Waals surface area contributed by atoms with Gasteiger partial charge in [0.1, 0.15) is 17.9 Å². The molecule has 7 nitrogen and oxygen atoms in total. The molecule has 0 spiro atoms. The maximum Gasteiger partial charge on any atom is 0.268 e. The normalized spacial score (nSPS) is 11.4. The van der Waals surface area contributed by atoms with Gasteiger partial charge in [0.2, 0.25) is 0 Å². The SMILES string of the molecule is COc1cccc2c(=O)c(C=C(C#N)C(=O)Nc3nc4ccccc4s3)coc12. The lowest BCUT2D eigenvalue weighted by atomic mass is 10.1. The lowest BCUT2D eigenvalue weighted by Gasteiger charge is -2.04. The summed E-state index contributed by atoms with van der Waals surface area (Å²) in [5.41, 5.74) is 0.528. The van der Waals surface area contributed by atoms with Crippen LogP contribution >= 0.6 is 11.3 Å². The Morgan fingerprint density at radius 3 is 2.86 bits per heavy atom. The number of nitrogens with zero attached hydrogens (tertiary/aromatic N) is 2. The maximum absolute atomic E-state index is 12.7. The van der Waals surface area contributed by atoms with Crippen molar-refractivity contribution >= 4 is 49.6 Å². The number of nitriles is 1. The predicted octanol–water partition coefficient (Wildman–Crippen LogP) is 3.96. The van der Waals surface area contributed by atoms with Crippen molar-refractivity contribution in [2.45, 2.75) is 0 Å². The molecule has 0 aliphatic heterocycles. The number of carbonyl (C=O) groups excluding carboxylic acids is 1. The number of anilines is 1. The summed E-state index contributed by atoms with van der Waals surface area (Å²) in [7, 11) is 1.47. The van der Waals surface area contributed by atoms with Crippen LogP contribution in [0, 0.1) is 11.3 Å². The van der Waals surface area contributed by atoms with E-state index in [0.29, 0.717) is 21.9 Å². The van der Waals surface area contributed by atoms with E-state index in [-0.39, 0.29) is 16.6 Å². The van der Waals surface area contributed by atoms with E-state index in [0.717, 1.165) is 10.2 Å². The van der Waals surface area contributed by atoms with E-state index in [9.17, 15) is 14.9 Å². The molecule has 4 rings (SSSR count). The van der Waals surface area contributed by atoms with Crippen LogP contribution in [0.15, 0.2) is 63.5 Å². The zero-order valence-electron chi connectivity index (χ0n) is 15.1. The molecule has 2 aromatic heterocycles. The van der Waals surface area contributed by atoms with Gasteiger partial charge >= 0.3 is 0 Å². The monoisotopic (exact) mass is 403 g/mol. The Morgan fingerprint density at radius 1 is 1.28 bits per heavy atom. The highest BCUT2D eigenvalue weighted by atomic mass is 32.1. The number of hydrogen-bond donors (Lipinski definition) is 1. The van der Waals surface area contributed by atoms with E-state index in [1.807, 2.05) is 30.3 Å². The molecule has 1 amide bonds. The molecule has 0 fully saturated rings. The number of benzene rings is 2. The van der Waals surface area contributed by atoms with Gasteiger partial charge < -0.3 is 9.15 Å². The maximum atomic E-state index is 12.7. The van der Waals surface area contributed by atoms with Crippen LogP contribution in [-0.2, 0) is 4.79 Å². The number of para-hydroxylation sites is 2. The third kappa shape index (κ3) is 3.47. The van der Waals surface area contributed by atoms with Crippen LogP contribution in [0.1, 0.15) is 5.56 Å². The molecule has 0 saturated heterocycles. The summed E-state index contributed by atoms with van der Waals surface area (Å²) in [5.74, 6) is -0.235. The topological polar surface area (TPSA) is 105 Å². The third-order valence-corrected chi connectivity index (χ3v) is 5.14. The van der Waals surface area contributed by atoms with Crippen LogP contribution in [0.25, 0.3) is 27.3 Å². The number of amides is 1. The van der Waals surface area contributed by atoms with Crippen molar-refractivity contribution < 1.29 is 13.9 Å². The molecule has 2 aromatic carbocycles. The van der Waals surface area contributed by atoms with Crippen molar-refractivity contribution in [1.82, 2.24) is 4.98 Å².